The molecule has 140 valence electrons. The third-order valence-corrected chi connectivity index (χ3v) is 3.92. The van der Waals surface area contributed by atoms with Crippen LogP contribution in [-0.2, 0) is 16.1 Å². The van der Waals surface area contributed by atoms with Crippen LogP contribution < -0.4 is 4.74 Å². The fourth-order valence-corrected chi connectivity index (χ4v) is 2.63. The Morgan fingerprint density at radius 3 is 2.73 bits per heavy atom. The Morgan fingerprint density at radius 1 is 1.23 bits per heavy atom. The number of amides is 1. The van der Waals surface area contributed by atoms with E-state index < -0.39 is 0 Å². The largest absolute Gasteiger partial charge is 0.496 e. The molecule has 0 atom stereocenters. The van der Waals surface area contributed by atoms with Gasteiger partial charge < -0.3 is 18.9 Å². The summed E-state index contributed by atoms with van der Waals surface area (Å²) in [6.07, 6.45) is 6.26. The van der Waals surface area contributed by atoms with Gasteiger partial charge in [-0.25, -0.2) is 4.98 Å². The van der Waals surface area contributed by atoms with Crippen molar-refractivity contribution in [1.29, 1.82) is 0 Å². The third kappa shape index (κ3) is 5.61. The third-order valence-electron chi connectivity index (χ3n) is 3.92. The van der Waals surface area contributed by atoms with E-state index in [0.717, 1.165) is 13.0 Å². The van der Waals surface area contributed by atoms with Crippen LogP contribution in [0.15, 0.2) is 43.0 Å². The highest BCUT2D eigenvalue weighted by Crippen LogP contribution is 2.19. The number of methoxy groups -OCH3 is 1. The lowest BCUT2D eigenvalue weighted by Crippen LogP contribution is -2.35. The molecule has 0 aliphatic carbocycles. The summed E-state index contributed by atoms with van der Waals surface area (Å²) in [7, 11) is 1.54. The maximum atomic E-state index is 13.0. The van der Waals surface area contributed by atoms with Crippen LogP contribution in [0.2, 0.25) is 0 Å². The van der Waals surface area contributed by atoms with Gasteiger partial charge in [-0.2, -0.15) is 0 Å². The number of rotatable bonds is 10. The Balaban J connectivity index is 2.04. The number of aromatic nitrogens is 2. The first-order valence-corrected chi connectivity index (χ1v) is 8.69. The van der Waals surface area contributed by atoms with Gasteiger partial charge in [0.15, 0.2) is 0 Å². The molecule has 1 aromatic carbocycles. The van der Waals surface area contributed by atoms with Crippen molar-refractivity contribution in [3.63, 3.8) is 0 Å². The Kier molecular flexibility index (Phi) is 7.67. The zero-order chi connectivity index (χ0) is 18.8. The van der Waals surface area contributed by atoms with Gasteiger partial charge in [0, 0.05) is 32.0 Å². The summed E-state index contributed by atoms with van der Waals surface area (Å²) >= 11 is 0. The summed E-state index contributed by atoms with van der Waals surface area (Å²) < 4.78 is 12.2. The highest BCUT2D eigenvalue weighted by molar-refractivity contribution is 5.97. The van der Waals surface area contributed by atoms with Crippen LogP contribution in [0.1, 0.15) is 30.1 Å². The van der Waals surface area contributed by atoms with E-state index in [-0.39, 0.29) is 18.3 Å². The van der Waals surface area contributed by atoms with Crippen molar-refractivity contribution in [1.82, 2.24) is 14.5 Å². The molecule has 0 radical (unpaired) electrons. The van der Waals surface area contributed by atoms with Crippen LogP contribution in [0.4, 0.5) is 0 Å². The van der Waals surface area contributed by atoms with Crippen molar-refractivity contribution in [3.8, 4) is 5.75 Å². The molecule has 7 heteroatoms. The molecule has 0 aliphatic rings. The second-order valence-electron chi connectivity index (χ2n) is 5.70. The van der Waals surface area contributed by atoms with E-state index in [9.17, 15) is 9.59 Å². The maximum absolute atomic E-state index is 13.0. The fourth-order valence-electron chi connectivity index (χ4n) is 2.63. The van der Waals surface area contributed by atoms with Gasteiger partial charge in [0.25, 0.3) is 5.91 Å². The molecule has 0 saturated heterocycles. The number of para-hydroxylation sites is 1. The van der Waals surface area contributed by atoms with Gasteiger partial charge in [-0.1, -0.05) is 12.1 Å². The van der Waals surface area contributed by atoms with Gasteiger partial charge in [-0.3, -0.25) is 9.59 Å². The second kappa shape index (κ2) is 10.2. The van der Waals surface area contributed by atoms with E-state index in [1.165, 1.54) is 7.11 Å². The van der Waals surface area contributed by atoms with Crippen LogP contribution in [-0.4, -0.2) is 53.1 Å². The zero-order valence-electron chi connectivity index (χ0n) is 15.3. The number of hydrogen-bond acceptors (Lipinski definition) is 5. The molecule has 0 N–H and O–H groups in total. The number of benzene rings is 1. The van der Waals surface area contributed by atoms with Crippen molar-refractivity contribution in [2.45, 2.75) is 26.3 Å². The molecule has 1 heterocycles. The van der Waals surface area contributed by atoms with Gasteiger partial charge in [-0.15, -0.1) is 0 Å². The molecule has 0 spiro atoms. The lowest BCUT2D eigenvalue weighted by molar-refractivity contribution is -0.143. The van der Waals surface area contributed by atoms with E-state index in [0.29, 0.717) is 31.0 Å². The van der Waals surface area contributed by atoms with Gasteiger partial charge >= 0.3 is 5.97 Å². The minimum absolute atomic E-state index is 0.155. The van der Waals surface area contributed by atoms with Crippen LogP contribution >= 0.6 is 0 Å². The molecule has 7 nitrogen and oxygen atoms in total. The van der Waals surface area contributed by atoms with Crippen molar-refractivity contribution < 1.29 is 19.1 Å². The Bertz CT molecular complexity index is 701. The van der Waals surface area contributed by atoms with Crippen LogP contribution in [0.25, 0.3) is 0 Å². The lowest BCUT2D eigenvalue weighted by atomic mass is 10.1. The first kappa shape index (κ1) is 19.5. The van der Waals surface area contributed by atoms with Gasteiger partial charge in [0.05, 0.1) is 32.0 Å². The van der Waals surface area contributed by atoms with Crippen LogP contribution in [0, 0.1) is 0 Å². The van der Waals surface area contributed by atoms with Crippen LogP contribution in [0.3, 0.4) is 0 Å². The first-order valence-electron chi connectivity index (χ1n) is 8.69. The van der Waals surface area contributed by atoms with Crippen molar-refractivity contribution >= 4 is 11.9 Å². The summed E-state index contributed by atoms with van der Waals surface area (Å²) in [4.78, 5) is 30.3. The molecule has 0 saturated carbocycles. The van der Waals surface area contributed by atoms with Crippen molar-refractivity contribution in [3.05, 3.63) is 48.5 Å². The standard InChI is InChI=1S/C19H25N3O4/c1-3-26-18(23)9-13-22(12-6-11-21-14-10-20-15-21)19(24)16-7-4-5-8-17(16)25-2/h4-5,7-8,10,14-15H,3,6,9,11-13H2,1-2H3. The average Bonchev–Trinajstić information content (AvgIpc) is 3.17. The maximum Gasteiger partial charge on any atom is 0.307 e. The zero-order valence-corrected chi connectivity index (χ0v) is 15.3. The van der Waals surface area contributed by atoms with Crippen molar-refractivity contribution in [2.75, 3.05) is 26.8 Å². The molecule has 0 aliphatic heterocycles. The van der Waals surface area contributed by atoms with E-state index in [2.05, 4.69) is 4.98 Å². The molecule has 0 bridgehead atoms. The number of nitrogens with zero attached hydrogens (tertiary/aromatic N) is 3. The van der Waals surface area contributed by atoms with E-state index in [1.807, 2.05) is 16.8 Å². The van der Waals surface area contributed by atoms with E-state index >= 15 is 0 Å². The van der Waals surface area contributed by atoms with Gasteiger partial charge in [-0.05, 0) is 25.5 Å². The average molecular weight is 359 g/mol. The number of hydrogen-bond donors (Lipinski definition) is 0. The smallest absolute Gasteiger partial charge is 0.307 e. The first-order chi connectivity index (χ1) is 12.7. The highest BCUT2D eigenvalue weighted by Gasteiger charge is 2.20. The molecule has 26 heavy (non-hydrogen) atoms. The molecule has 2 aromatic rings. The summed E-state index contributed by atoms with van der Waals surface area (Å²) in [6, 6.07) is 7.10. The normalized spacial score (nSPS) is 10.4. The second-order valence-corrected chi connectivity index (χ2v) is 5.70. The van der Waals surface area contributed by atoms with Crippen LogP contribution in [0.5, 0.6) is 5.75 Å². The number of esters is 1. The molecule has 0 unspecified atom stereocenters. The van der Waals surface area contributed by atoms with E-state index in [1.54, 1.807) is 42.5 Å². The highest BCUT2D eigenvalue weighted by atomic mass is 16.5. The Labute approximate surface area is 153 Å². The molecule has 0 fully saturated rings. The molecule has 1 aromatic heterocycles. The van der Waals surface area contributed by atoms with Crippen molar-refractivity contribution in [2.24, 2.45) is 0 Å². The lowest BCUT2D eigenvalue weighted by Gasteiger charge is -2.23. The Hall–Kier alpha value is -2.83. The van der Waals surface area contributed by atoms with Gasteiger partial charge in [0.1, 0.15) is 5.75 Å². The SMILES string of the molecule is CCOC(=O)CCN(CCCn1ccnc1)C(=O)c1ccccc1OC. The monoisotopic (exact) mass is 359 g/mol. The number of carbonyl (C=O) groups is 2. The summed E-state index contributed by atoms with van der Waals surface area (Å²) in [5, 5.41) is 0. The molecule has 2 rings (SSSR count). The predicted molar refractivity (Wildman–Crippen MR) is 97.0 cm³/mol. The number of imidazole rings is 1. The summed E-state index contributed by atoms with van der Waals surface area (Å²) in [6.45, 7) is 3.67. The summed E-state index contributed by atoms with van der Waals surface area (Å²) in [5.41, 5.74) is 0.487. The number of aryl methyl sites for hydroxylation is 1. The summed E-state index contributed by atoms with van der Waals surface area (Å²) in [5.74, 6) is 0.0607. The Morgan fingerprint density at radius 2 is 2.04 bits per heavy atom. The number of carbonyl (C=O) groups excluding carboxylic acids is 2. The topological polar surface area (TPSA) is 73.7 Å². The number of ether oxygens (including phenoxy) is 2. The molecular formula is C19H25N3O4. The van der Waals surface area contributed by atoms with E-state index in [4.69, 9.17) is 9.47 Å². The quantitative estimate of drug-likeness (QED) is 0.609. The predicted octanol–water partition coefficient (Wildman–Crippen LogP) is 2.38. The minimum Gasteiger partial charge on any atom is -0.496 e. The molecule has 1 amide bonds. The van der Waals surface area contributed by atoms with Gasteiger partial charge in [0.2, 0.25) is 0 Å². The minimum atomic E-state index is -0.306. The molecular weight excluding hydrogens is 334 g/mol. The fraction of sp³-hybridized carbons (Fsp3) is 0.421.